The first kappa shape index (κ1) is 26.4. The molecular weight excluding hydrogens is 650 g/mol. The second-order valence-corrected chi connectivity index (χ2v) is 12.8. The largest absolute Gasteiger partial charge is 0.503 e. The van der Waals surface area contributed by atoms with Crippen LogP contribution in [0.3, 0.4) is 0 Å². The van der Waals surface area contributed by atoms with Crippen molar-refractivity contribution in [1.82, 2.24) is 4.90 Å². The van der Waals surface area contributed by atoms with Crippen molar-refractivity contribution in [2.45, 2.75) is 32.2 Å². The van der Waals surface area contributed by atoms with Gasteiger partial charge in [-0.25, -0.2) is 0 Å². The number of nitrogens with zero attached hydrogens (tertiary/aromatic N) is 1. The maximum absolute atomic E-state index is 13.8. The molecule has 2 heterocycles. The smallest absolute Gasteiger partial charge is 0.234 e. The third-order valence-electron chi connectivity index (χ3n) is 8.25. The maximum Gasteiger partial charge on any atom is 0.234 e. The predicted molar refractivity (Wildman–Crippen MR) is 151 cm³/mol. The predicted octanol–water partition coefficient (Wildman–Crippen LogP) is 5.62. The van der Waals surface area contributed by atoms with E-state index in [0.29, 0.717) is 37.6 Å². The summed E-state index contributed by atoms with van der Waals surface area (Å²) in [7, 11) is 1.43. The summed E-state index contributed by atoms with van der Waals surface area (Å²) in [5, 5.41) is 12.5. The molecule has 10 heteroatoms. The zero-order chi connectivity index (χ0) is 27.7. The molecular formula is C29H23Br2NO6S. The third-order valence-corrected chi connectivity index (χ3v) is 11.3. The van der Waals surface area contributed by atoms with Crippen LogP contribution < -0.4 is 4.74 Å². The van der Waals surface area contributed by atoms with Crippen molar-refractivity contribution in [2.24, 2.45) is 17.8 Å². The summed E-state index contributed by atoms with van der Waals surface area (Å²) in [6.45, 7) is 1.85. The van der Waals surface area contributed by atoms with Crippen LogP contribution in [0.2, 0.25) is 0 Å². The van der Waals surface area contributed by atoms with Crippen molar-refractivity contribution >= 4 is 66.6 Å². The molecule has 0 bridgehead atoms. The van der Waals surface area contributed by atoms with E-state index in [1.807, 2.05) is 23.6 Å². The SMILES string of the molecule is COc1cc([C@H]2C3=CC[C@@H]4C(=O)N(Cc5cccs5)C(=O)[C@@H]4[C@@H]3CC3=C2C(=O)C=C(C)C3=O)c(Br)c(Br)c1O. The van der Waals surface area contributed by atoms with Crippen molar-refractivity contribution in [3.63, 3.8) is 0 Å². The Labute approximate surface area is 245 Å². The lowest BCUT2D eigenvalue weighted by molar-refractivity contribution is -0.140. The molecule has 1 aliphatic heterocycles. The number of ether oxygens (including phenoxy) is 1. The van der Waals surface area contributed by atoms with Crippen LogP contribution in [0.15, 0.2) is 67.0 Å². The number of methoxy groups -OCH3 is 1. The molecule has 0 unspecified atom stereocenters. The number of amides is 2. The van der Waals surface area contributed by atoms with Crippen LogP contribution in [0.1, 0.15) is 36.1 Å². The van der Waals surface area contributed by atoms with E-state index in [1.165, 1.54) is 29.4 Å². The first-order valence-corrected chi connectivity index (χ1v) is 14.9. The summed E-state index contributed by atoms with van der Waals surface area (Å²) in [6.07, 6.45) is 3.93. The first-order valence-electron chi connectivity index (χ1n) is 12.5. The van der Waals surface area contributed by atoms with Gasteiger partial charge in [-0.2, -0.15) is 0 Å². The fourth-order valence-corrected chi connectivity index (χ4v) is 8.14. The highest BCUT2D eigenvalue weighted by atomic mass is 79.9. The number of phenolic OH excluding ortho intramolecular Hbond substituents is 1. The molecule has 200 valence electrons. The van der Waals surface area contributed by atoms with E-state index < -0.39 is 23.7 Å². The van der Waals surface area contributed by atoms with Crippen molar-refractivity contribution in [1.29, 1.82) is 0 Å². The van der Waals surface area contributed by atoms with Gasteiger partial charge in [0.1, 0.15) is 0 Å². The normalized spacial score (nSPS) is 26.3. The van der Waals surface area contributed by atoms with Gasteiger partial charge in [-0.15, -0.1) is 11.3 Å². The molecule has 0 spiro atoms. The highest BCUT2D eigenvalue weighted by Crippen LogP contribution is 2.57. The molecule has 3 aliphatic carbocycles. The highest BCUT2D eigenvalue weighted by molar-refractivity contribution is 9.13. The number of carbonyl (C=O) groups is 4. The molecule has 4 aliphatic rings. The summed E-state index contributed by atoms with van der Waals surface area (Å²) in [4.78, 5) is 56.5. The molecule has 1 saturated heterocycles. The lowest BCUT2D eigenvalue weighted by atomic mass is 9.59. The minimum atomic E-state index is -0.657. The second kappa shape index (κ2) is 9.67. The van der Waals surface area contributed by atoms with Gasteiger partial charge >= 0.3 is 0 Å². The molecule has 0 radical (unpaired) electrons. The van der Waals surface area contributed by atoms with Crippen molar-refractivity contribution in [3.05, 3.63) is 77.4 Å². The van der Waals surface area contributed by atoms with Crippen LogP contribution in [0.25, 0.3) is 0 Å². The topological polar surface area (TPSA) is 101 Å². The molecule has 1 aromatic carbocycles. The highest BCUT2D eigenvalue weighted by Gasteiger charge is 2.56. The van der Waals surface area contributed by atoms with Gasteiger partial charge in [0.25, 0.3) is 0 Å². The Morgan fingerprint density at radius 3 is 2.59 bits per heavy atom. The Kier molecular flexibility index (Phi) is 6.55. The maximum atomic E-state index is 13.8. The van der Waals surface area contributed by atoms with E-state index in [0.717, 1.165) is 10.5 Å². The van der Waals surface area contributed by atoms with Gasteiger partial charge in [0, 0.05) is 32.0 Å². The number of benzene rings is 1. The number of ketones is 2. The van der Waals surface area contributed by atoms with E-state index >= 15 is 0 Å². The molecule has 6 rings (SSSR count). The van der Waals surface area contributed by atoms with E-state index in [1.54, 1.807) is 13.0 Å². The number of halogens is 2. The molecule has 1 fully saturated rings. The number of hydrogen-bond acceptors (Lipinski definition) is 7. The molecule has 1 aromatic heterocycles. The average molecular weight is 673 g/mol. The number of carbonyl (C=O) groups excluding carboxylic acids is 4. The minimum Gasteiger partial charge on any atom is -0.503 e. The summed E-state index contributed by atoms with van der Waals surface area (Å²) in [5.74, 6) is -3.01. The zero-order valence-electron chi connectivity index (χ0n) is 21.0. The fraction of sp³-hybridized carbons (Fsp3) is 0.310. The number of likely N-dealkylation sites (tertiary alicyclic amines) is 1. The number of fused-ring (bicyclic) bond motifs is 3. The van der Waals surface area contributed by atoms with Gasteiger partial charge in [-0.3, -0.25) is 24.1 Å². The number of phenols is 1. The van der Waals surface area contributed by atoms with Crippen LogP contribution in [0, 0.1) is 17.8 Å². The summed E-state index contributed by atoms with van der Waals surface area (Å²) >= 11 is 8.49. The Hall–Kier alpha value is -2.82. The third kappa shape index (κ3) is 3.94. The number of allylic oxidation sites excluding steroid dienone is 6. The van der Waals surface area contributed by atoms with Gasteiger partial charge < -0.3 is 9.84 Å². The number of imide groups is 1. The molecule has 0 saturated carbocycles. The van der Waals surface area contributed by atoms with E-state index in [4.69, 9.17) is 4.74 Å². The Bertz CT molecular complexity index is 1570. The lowest BCUT2D eigenvalue weighted by Crippen LogP contribution is -2.39. The van der Waals surface area contributed by atoms with Crippen LogP contribution in [0.4, 0.5) is 0 Å². The monoisotopic (exact) mass is 671 g/mol. The summed E-state index contributed by atoms with van der Waals surface area (Å²) in [6, 6.07) is 5.45. The number of aromatic hydroxyl groups is 1. The quantitative estimate of drug-likeness (QED) is 0.257. The van der Waals surface area contributed by atoms with Gasteiger partial charge in [0.2, 0.25) is 11.8 Å². The lowest BCUT2D eigenvalue weighted by Gasteiger charge is -2.42. The fourth-order valence-electron chi connectivity index (χ4n) is 6.49. The number of Topliss-reactive ketones (excluding diaryl/α,β-unsaturated/α-hetero) is 1. The van der Waals surface area contributed by atoms with Gasteiger partial charge in [-0.1, -0.05) is 17.7 Å². The van der Waals surface area contributed by atoms with E-state index in [2.05, 4.69) is 31.9 Å². The summed E-state index contributed by atoms with van der Waals surface area (Å²) in [5.41, 5.74) is 2.58. The molecule has 2 aromatic rings. The molecule has 1 N–H and O–H groups in total. The molecule has 2 amide bonds. The van der Waals surface area contributed by atoms with E-state index in [9.17, 15) is 24.3 Å². The standard InChI is InChI=1S/C29H23Br2NO6S/c1-12-8-19(33)23-18(26(12)34)9-16-14(21(23)17-10-20(38-2)27(35)25(31)24(17)30)5-6-15-22(16)29(37)32(28(15)36)11-13-4-3-7-39-13/h3-5,7-8,10,15-16,21-22,35H,6,9,11H2,1-2H3/t15-,16+,21+,22-/m0/s1. The van der Waals surface area contributed by atoms with Crippen LogP contribution in [0.5, 0.6) is 11.5 Å². The molecule has 39 heavy (non-hydrogen) atoms. The van der Waals surface area contributed by atoms with Crippen LogP contribution in [-0.4, -0.2) is 40.5 Å². The Morgan fingerprint density at radius 1 is 1.13 bits per heavy atom. The number of thiophene rings is 1. The second-order valence-electron chi connectivity index (χ2n) is 10.2. The van der Waals surface area contributed by atoms with Gasteiger partial charge in [0.05, 0.1) is 30.0 Å². The first-order chi connectivity index (χ1) is 18.6. The Morgan fingerprint density at radius 2 is 1.90 bits per heavy atom. The molecule has 4 atom stereocenters. The van der Waals surface area contributed by atoms with Gasteiger partial charge in [-0.05, 0) is 86.7 Å². The van der Waals surface area contributed by atoms with Crippen molar-refractivity contribution < 1.29 is 29.0 Å². The van der Waals surface area contributed by atoms with Crippen molar-refractivity contribution in [2.75, 3.05) is 7.11 Å². The zero-order valence-corrected chi connectivity index (χ0v) is 25.0. The van der Waals surface area contributed by atoms with Crippen molar-refractivity contribution in [3.8, 4) is 11.5 Å². The molecule has 7 nitrogen and oxygen atoms in total. The van der Waals surface area contributed by atoms with E-state index in [-0.39, 0.29) is 47.8 Å². The van der Waals surface area contributed by atoms with Gasteiger partial charge in [0.15, 0.2) is 23.1 Å². The number of hydrogen-bond donors (Lipinski definition) is 1. The van der Waals surface area contributed by atoms with Crippen LogP contribution in [-0.2, 0) is 25.7 Å². The van der Waals surface area contributed by atoms with Crippen LogP contribution >= 0.6 is 43.2 Å². The Balaban J connectivity index is 1.51. The minimum absolute atomic E-state index is 0.102. The number of rotatable bonds is 4. The summed E-state index contributed by atoms with van der Waals surface area (Å²) < 4.78 is 6.28. The average Bonchev–Trinajstić information content (AvgIpc) is 3.52.